The molecular formula is C21H22FN3O2. The van der Waals surface area contributed by atoms with Crippen molar-refractivity contribution in [2.45, 2.75) is 26.5 Å². The van der Waals surface area contributed by atoms with E-state index < -0.39 is 0 Å². The molecule has 6 heteroatoms. The van der Waals surface area contributed by atoms with E-state index in [9.17, 15) is 9.18 Å². The van der Waals surface area contributed by atoms with Gasteiger partial charge in [-0.25, -0.2) is 9.07 Å². The summed E-state index contributed by atoms with van der Waals surface area (Å²) in [5.74, 6) is -0.479. The molecule has 2 aromatic carbocycles. The fraction of sp³-hybridized carbons (Fsp3) is 0.238. The summed E-state index contributed by atoms with van der Waals surface area (Å²) in [6.45, 7) is 4.20. The van der Waals surface area contributed by atoms with Crippen molar-refractivity contribution in [2.75, 3.05) is 6.61 Å². The number of halogens is 1. The van der Waals surface area contributed by atoms with E-state index in [0.717, 1.165) is 22.5 Å². The van der Waals surface area contributed by atoms with Crippen LogP contribution >= 0.6 is 0 Å². The number of rotatable bonds is 7. The molecule has 1 amide bonds. The molecule has 27 heavy (non-hydrogen) atoms. The lowest BCUT2D eigenvalue weighted by Crippen LogP contribution is -2.30. The van der Waals surface area contributed by atoms with Crippen LogP contribution in [0.4, 0.5) is 4.39 Å². The number of benzene rings is 2. The van der Waals surface area contributed by atoms with Crippen LogP contribution in [0.25, 0.3) is 5.69 Å². The number of carbonyl (C=O) groups is 1. The van der Waals surface area contributed by atoms with Gasteiger partial charge in [-0.15, -0.1) is 0 Å². The number of hydrogen-bond acceptors (Lipinski definition) is 3. The minimum Gasteiger partial charge on any atom is -0.367 e. The van der Waals surface area contributed by atoms with Crippen molar-refractivity contribution in [3.63, 3.8) is 0 Å². The average Bonchev–Trinajstić information content (AvgIpc) is 3.05. The van der Waals surface area contributed by atoms with Gasteiger partial charge in [-0.3, -0.25) is 4.79 Å². The largest absolute Gasteiger partial charge is 0.367 e. The molecule has 0 radical (unpaired) electrons. The van der Waals surface area contributed by atoms with Gasteiger partial charge in [-0.1, -0.05) is 30.3 Å². The van der Waals surface area contributed by atoms with E-state index in [1.165, 1.54) is 12.1 Å². The van der Waals surface area contributed by atoms with E-state index >= 15 is 0 Å². The zero-order valence-corrected chi connectivity index (χ0v) is 15.4. The normalized spacial score (nSPS) is 12.0. The Bertz CT molecular complexity index is 892. The molecule has 0 bridgehead atoms. The van der Waals surface area contributed by atoms with Gasteiger partial charge in [-0.2, -0.15) is 5.10 Å². The molecule has 0 aliphatic heterocycles. The van der Waals surface area contributed by atoms with E-state index in [1.807, 2.05) is 44.2 Å². The van der Waals surface area contributed by atoms with Crippen LogP contribution < -0.4 is 5.32 Å². The minimum absolute atomic E-state index is 0.00954. The summed E-state index contributed by atoms with van der Waals surface area (Å²) in [5.41, 5.74) is 3.58. The highest BCUT2D eigenvalue weighted by Crippen LogP contribution is 2.20. The number of carbonyl (C=O) groups excluding carboxylic acids is 1. The molecule has 0 aliphatic rings. The predicted molar refractivity (Wildman–Crippen MR) is 101 cm³/mol. The standard InChI is InChI=1S/C21H22FN3O2/c1-15(24-21(26)14-27-13-17-6-4-3-5-7-17)20-12-23-25(16(20)2)19-10-8-18(22)9-11-19/h3-12,15H,13-14H2,1-2H3,(H,24,26). The van der Waals surface area contributed by atoms with Gasteiger partial charge in [0.25, 0.3) is 0 Å². The molecule has 140 valence electrons. The molecule has 1 heterocycles. The number of nitrogens with zero attached hydrogens (tertiary/aromatic N) is 2. The Balaban J connectivity index is 1.57. The third-order valence-corrected chi connectivity index (χ3v) is 4.31. The maximum absolute atomic E-state index is 13.1. The third-order valence-electron chi connectivity index (χ3n) is 4.31. The van der Waals surface area contributed by atoms with Crippen LogP contribution in [0, 0.1) is 12.7 Å². The van der Waals surface area contributed by atoms with Crippen LogP contribution in [0.15, 0.2) is 60.8 Å². The fourth-order valence-electron chi connectivity index (χ4n) is 2.89. The molecule has 3 aromatic rings. The zero-order valence-electron chi connectivity index (χ0n) is 15.4. The summed E-state index contributed by atoms with van der Waals surface area (Å²) >= 11 is 0. The summed E-state index contributed by atoms with van der Waals surface area (Å²) in [6, 6.07) is 15.6. The van der Waals surface area contributed by atoms with Crippen molar-refractivity contribution in [1.29, 1.82) is 0 Å². The molecule has 5 nitrogen and oxygen atoms in total. The highest BCUT2D eigenvalue weighted by Gasteiger charge is 2.16. The first kappa shape index (κ1) is 18.8. The summed E-state index contributed by atoms with van der Waals surface area (Å²) in [4.78, 5) is 12.1. The topological polar surface area (TPSA) is 56.1 Å². The first-order valence-corrected chi connectivity index (χ1v) is 8.76. The lowest BCUT2D eigenvalue weighted by molar-refractivity contribution is -0.126. The summed E-state index contributed by atoms with van der Waals surface area (Å²) in [6.07, 6.45) is 1.72. The van der Waals surface area contributed by atoms with Gasteiger partial charge in [0.05, 0.1) is 24.5 Å². The van der Waals surface area contributed by atoms with Gasteiger partial charge < -0.3 is 10.1 Å². The van der Waals surface area contributed by atoms with Crippen LogP contribution in [0.3, 0.4) is 0 Å². The molecular weight excluding hydrogens is 345 g/mol. The third kappa shape index (κ3) is 4.80. The van der Waals surface area contributed by atoms with E-state index in [2.05, 4.69) is 10.4 Å². The minimum atomic E-state index is -0.292. The van der Waals surface area contributed by atoms with Crippen molar-refractivity contribution >= 4 is 5.91 Å². The van der Waals surface area contributed by atoms with Crippen LogP contribution in [0.1, 0.15) is 29.8 Å². The smallest absolute Gasteiger partial charge is 0.246 e. The summed E-state index contributed by atoms with van der Waals surface area (Å²) in [5, 5.41) is 7.28. The molecule has 1 unspecified atom stereocenters. The molecule has 0 fully saturated rings. The van der Waals surface area contributed by atoms with Crippen molar-refractivity contribution in [1.82, 2.24) is 15.1 Å². The van der Waals surface area contributed by atoms with Crippen LogP contribution in [-0.2, 0) is 16.1 Å². The van der Waals surface area contributed by atoms with E-state index in [0.29, 0.717) is 6.61 Å². The van der Waals surface area contributed by atoms with Gasteiger partial charge in [-0.05, 0) is 43.7 Å². The lowest BCUT2D eigenvalue weighted by atomic mass is 10.1. The van der Waals surface area contributed by atoms with Gasteiger partial charge in [0.2, 0.25) is 5.91 Å². The predicted octanol–water partition coefficient (Wildman–Crippen LogP) is 3.71. The molecule has 3 rings (SSSR count). The second-order valence-corrected chi connectivity index (χ2v) is 6.34. The maximum atomic E-state index is 13.1. The van der Waals surface area contributed by atoms with Crippen LogP contribution in [0.2, 0.25) is 0 Å². The Kier molecular flexibility index (Phi) is 5.98. The van der Waals surface area contributed by atoms with Crippen molar-refractivity contribution in [2.24, 2.45) is 0 Å². The quantitative estimate of drug-likeness (QED) is 0.693. The van der Waals surface area contributed by atoms with Crippen molar-refractivity contribution in [3.05, 3.63) is 83.4 Å². The Labute approximate surface area is 157 Å². The monoisotopic (exact) mass is 367 g/mol. The average molecular weight is 367 g/mol. The second kappa shape index (κ2) is 8.60. The number of aromatic nitrogens is 2. The fourth-order valence-corrected chi connectivity index (χ4v) is 2.89. The second-order valence-electron chi connectivity index (χ2n) is 6.34. The van der Waals surface area contributed by atoms with E-state index in [-0.39, 0.29) is 24.4 Å². The molecule has 1 aromatic heterocycles. The maximum Gasteiger partial charge on any atom is 0.246 e. The molecule has 0 saturated carbocycles. The lowest BCUT2D eigenvalue weighted by Gasteiger charge is -2.14. The Morgan fingerprint density at radius 3 is 2.59 bits per heavy atom. The Hall–Kier alpha value is -2.99. The van der Waals surface area contributed by atoms with Crippen LogP contribution in [0.5, 0.6) is 0 Å². The highest BCUT2D eigenvalue weighted by molar-refractivity contribution is 5.77. The number of hydrogen-bond donors (Lipinski definition) is 1. The molecule has 0 aliphatic carbocycles. The first-order valence-electron chi connectivity index (χ1n) is 8.76. The molecule has 1 N–H and O–H groups in total. The van der Waals surface area contributed by atoms with E-state index in [1.54, 1.807) is 23.0 Å². The summed E-state index contributed by atoms with van der Waals surface area (Å²) in [7, 11) is 0. The molecule has 0 spiro atoms. The van der Waals surface area contributed by atoms with Gasteiger partial charge in [0.15, 0.2) is 0 Å². The van der Waals surface area contributed by atoms with Gasteiger partial charge >= 0.3 is 0 Å². The first-order chi connectivity index (χ1) is 13.0. The number of ether oxygens (including phenoxy) is 1. The Morgan fingerprint density at radius 1 is 1.19 bits per heavy atom. The highest BCUT2D eigenvalue weighted by atomic mass is 19.1. The number of amides is 1. The molecule has 0 saturated heterocycles. The number of nitrogens with one attached hydrogen (secondary N) is 1. The Morgan fingerprint density at radius 2 is 1.89 bits per heavy atom. The zero-order chi connectivity index (χ0) is 19.2. The SMILES string of the molecule is Cc1c(C(C)NC(=O)COCc2ccccc2)cnn1-c1ccc(F)cc1. The van der Waals surface area contributed by atoms with Gasteiger partial charge in [0.1, 0.15) is 12.4 Å². The molecule has 1 atom stereocenters. The summed E-state index contributed by atoms with van der Waals surface area (Å²) < 4.78 is 20.3. The van der Waals surface area contributed by atoms with Crippen LogP contribution in [-0.4, -0.2) is 22.3 Å². The van der Waals surface area contributed by atoms with Crippen molar-refractivity contribution in [3.8, 4) is 5.69 Å². The van der Waals surface area contributed by atoms with Crippen molar-refractivity contribution < 1.29 is 13.9 Å². The van der Waals surface area contributed by atoms with Gasteiger partial charge in [0, 0.05) is 11.3 Å². The van der Waals surface area contributed by atoms with E-state index in [4.69, 9.17) is 4.74 Å².